The molecule has 6 nitrogen and oxygen atoms in total. The first-order valence-corrected chi connectivity index (χ1v) is 9.75. The van der Waals surface area contributed by atoms with Crippen LogP contribution in [0.3, 0.4) is 0 Å². The van der Waals surface area contributed by atoms with Crippen LogP contribution in [0.25, 0.3) is 0 Å². The standard InChI is InChI=1S/C20H33N3O3/c1-4-22(5-2)15-17-8-9-19-18(14-17)16-23(11-13-26-19)20(24)21-10-7-12-25-6-3/h8-9,14H,4-7,10-13,15-16H2,1-3H3,(H,21,24). The molecular formula is C20H33N3O3. The molecule has 0 atom stereocenters. The molecule has 6 heteroatoms. The molecule has 1 aliphatic rings. The number of hydrogen-bond acceptors (Lipinski definition) is 4. The Bertz CT molecular complexity index is 561. The molecular weight excluding hydrogens is 330 g/mol. The van der Waals surface area contributed by atoms with Crippen LogP contribution in [0.15, 0.2) is 18.2 Å². The van der Waals surface area contributed by atoms with E-state index in [9.17, 15) is 4.79 Å². The predicted molar refractivity (Wildman–Crippen MR) is 103 cm³/mol. The van der Waals surface area contributed by atoms with Crippen molar-refractivity contribution in [1.29, 1.82) is 0 Å². The maximum Gasteiger partial charge on any atom is 0.317 e. The molecule has 146 valence electrons. The van der Waals surface area contributed by atoms with Gasteiger partial charge in [0.15, 0.2) is 0 Å². The summed E-state index contributed by atoms with van der Waals surface area (Å²) >= 11 is 0. The van der Waals surface area contributed by atoms with Crippen molar-refractivity contribution in [3.8, 4) is 5.75 Å². The molecule has 0 aromatic heterocycles. The number of nitrogens with zero attached hydrogens (tertiary/aromatic N) is 2. The largest absolute Gasteiger partial charge is 0.491 e. The first kappa shape index (κ1) is 20.5. The Morgan fingerprint density at radius 2 is 2.12 bits per heavy atom. The lowest BCUT2D eigenvalue weighted by Crippen LogP contribution is -2.41. The summed E-state index contributed by atoms with van der Waals surface area (Å²) in [6.45, 7) is 13.0. The summed E-state index contributed by atoms with van der Waals surface area (Å²) in [7, 11) is 0. The summed E-state index contributed by atoms with van der Waals surface area (Å²) in [5.41, 5.74) is 2.34. The SMILES string of the molecule is CCOCCCNC(=O)N1CCOc2ccc(CN(CC)CC)cc2C1. The molecule has 1 aliphatic heterocycles. The summed E-state index contributed by atoms with van der Waals surface area (Å²) in [6, 6.07) is 6.30. The van der Waals surface area contributed by atoms with E-state index in [1.807, 2.05) is 17.9 Å². The predicted octanol–water partition coefficient (Wildman–Crippen LogP) is 2.86. The van der Waals surface area contributed by atoms with Gasteiger partial charge in [-0.2, -0.15) is 0 Å². The van der Waals surface area contributed by atoms with Gasteiger partial charge in [0.25, 0.3) is 0 Å². The normalized spacial score (nSPS) is 13.9. The highest BCUT2D eigenvalue weighted by Crippen LogP contribution is 2.25. The highest BCUT2D eigenvalue weighted by Gasteiger charge is 2.20. The minimum absolute atomic E-state index is 0.0351. The van der Waals surface area contributed by atoms with Gasteiger partial charge in [0.2, 0.25) is 0 Å². The molecule has 0 radical (unpaired) electrons. The number of ether oxygens (including phenoxy) is 2. The number of carbonyl (C=O) groups excluding carboxylic acids is 1. The highest BCUT2D eigenvalue weighted by atomic mass is 16.5. The molecule has 0 saturated carbocycles. The summed E-state index contributed by atoms with van der Waals surface area (Å²) in [5, 5.41) is 2.98. The molecule has 0 fully saturated rings. The lowest BCUT2D eigenvalue weighted by Gasteiger charge is -2.21. The van der Waals surface area contributed by atoms with E-state index in [1.165, 1.54) is 5.56 Å². The number of urea groups is 1. The minimum Gasteiger partial charge on any atom is -0.491 e. The Kier molecular flexibility index (Phi) is 8.71. The van der Waals surface area contributed by atoms with Crippen LogP contribution in [0.1, 0.15) is 38.3 Å². The van der Waals surface area contributed by atoms with Crippen molar-refractivity contribution in [3.05, 3.63) is 29.3 Å². The molecule has 0 aliphatic carbocycles. The summed E-state index contributed by atoms with van der Waals surface area (Å²) in [5.74, 6) is 0.889. The topological polar surface area (TPSA) is 54.0 Å². The third-order valence-electron chi connectivity index (χ3n) is 4.64. The van der Waals surface area contributed by atoms with Gasteiger partial charge in [-0.15, -0.1) is 0 Å². The van der Waals surface area contributed by atoms with Crippen molar-refractivity contribution < 1.29 is 14.3 Å². The molecule has 2 rings (SSSR count). The van der Waals surface area contributed by atoms with Gasteiger partial charge >= 0.3 is 6.03 Å². The molecule has 0 saturated heterocycles. The van der Waals surface area contributed by atoms with E-state index in [0.717, 1.165) is 37.4 Å². The fraction of sp³-hybridized carbons (Fsp3) is 0.650. The number of benzene rings is 1. The lowest BCUT2D eigenvalue weighted by molar-refractivity contribution is 0.143. The second kappa shape index (κ2) is 11.0. The molecule has 0 spiro atoms. The molecule has 26 heavy (non-hydrogen) atoms. The Morgan fingerprint density at radius 3 is 2.85 bits per heavy atom. The zero-order chi connectivity index (χ0) is 18.8. The maximum absolute atomic E-state index is 12.5. The van der Waals surface area contributed by atoms with Gasteiger partial charge in [0.05, 0.1) is 13.1 Å². The van der Waals surface area contributed by atoms with Crippen LogP contribution >= 0.6 is 0 Å². The summed E-state index contributed by atoms with van der Waals surface area (Å²) < 4.78 is 11.1. The minimum atomic E-state index is -0.0351. The van der Waals surface area contributed by atoms with Crippen LogP contribution < -0.4 is 10.1 Å². The number of carbonyl (C=O) groups is 1. The van der Waals surface area contributed by atoms with Crippen molar-refractivity contribution in [2.24, 2.45) is 0 Å². The van der Waals surface area contributed by atoms with Crippen molar-refractivity contribution in [2.45, 2.75) is 40.3 Å². The van der Waals surface area contributed by atoms with E-state index in [-0.39, 0.29) is 6.03 Å². The van der Waals surface area contributed by atoms with Crippen LogP contribution in [0.4, 0.5) is 4.79 Å². The molecule has 0 bridgehead atoms. The third-order valence-corrected chi connectivity index (χ3v) is 4.64. The fourth-order valence-corrected chi connectivity index (χ4v) is 3.05. The van der Waals surface area contributed by atoms with E-state index >= 15 is 0 Å². The zero-order valence-electron chi connectivity index (χ0n) is 16.4. The van der Waals surface area contributed by atoms with Gasteiger partial charge in [0.1, 0.15) is 12.4 Å². The molecule has 1 aromatic rings. The maximum atomic E-state index is 12.5. The average molecular weight is 364 g/mol. The monoisotopic (exact) mass is 363 g/mol. The van der Waals surface area contributed by atoms with Gasteiger partial charge in [-0.1, -0.05) is 19.9 Å². The highest BCUT2D eigenvalue weighted by molar-refractivity contribution is 5.74. The van der Waals surface area contributed by atoms with E-state index in [0.29, 0.717) is 39.5 Å². The van der Waals surface area contributed by atoms with Crippen molar-refractivity contribution in [3.63, 3.8) is 0 Å². The van der Waals surface area contributed by atoms with Crippen LogP contribution in [-0.2, 0) is 17.8 Å². The van der Waals surface area contributed by atoms with E-state index < -0.39 is 0 Å². The summed E-state index contributed by atoms with van der Waals surface area (Å²) in [6.07, 6.45) is 0.828. The first-order chi connectivity index (χ1) is 12.7. The third kappa shape index (κ3) is 6.18. The number of rotatable bonds is 9. The Morgan fingerprint density at radius 1 is 1.31 bits per heavy atom. The second-order valence-corrected chi connectivity index (χ2v) is 6.46. The average Bonchev–Trinajstić information content (AvgIpc) is 2.87. The molecule has 1 aromatic carbocycles. The number of fused-ring (bicyclic) bond motifs is 1. The smallest absolute Gasteiger partial charge is 0.317 e. The summed E-state index contributed by atoms with van der Waals surface area (Å²) in [4.78, 5) is 16.7. The van der Waals surface area contributed by atoms with E-state index in [4.69, 9.17) is 9.47 Å². The van der Waals surface area contributed by atoms with Crippen LogP contribution in [0, 0.1) is 0 Å². The van der Waals surface area contributed by atoms with Gasteiger partial charge in [-0.05, 0) is 44.1 Å². The van der Waals surface area contributed by atoms with Crippen LogP contribution in [0.2, 0.25) is 0 Å². The number of nitrogens with one attached hydrogen (secondary N) is 1. The number of hydrogen-bond donors (Lipinski definition) is 1. The second-order valence-electron chi connectivity index (χ2n) is 6.46. The van der Waals surface area contributed by atoms with E-state index in [2.05, 4.69) is 36.2 Å². The molecule has 2 amide bonds. The Balaban J connectivity index is 1.95. The van der Waals surface area contributed by atoms with Gasteiger partial charge in [0, 0.05) is 31.9 Å². The number of amides is 2. The Labute approximate surface area is 157 Å². The van der Waals surface area contributed by atoms with Crippen LogP contribution in [0.5, 0.6) is 5.75 Å². The molecule has 0 unspecified atom stereocenters. The van der Waals surface area contributed by atoms with Gasteiger partial charge in [-0.3, -0.25) is 4.90 Å². The van der Waals surface area contributed by atoms with Crippen molar-refractivity contribution >= 4 is 6.03 Å². The van der Waals surface area contributed by atoms with Gasteiger partial charge < -0.3 is 19.7 Å². The quantitative estimate of drug-likeness (QED) is 0.686. The zero-order valence-corrected chi connectivity index (χ0v) is 16.4. The van der Waals surface area contributed by atoms with Crippen molar-refractivity contribution in [1.82, 2.24) is 15.1 Å². The molecule has 1 N–H and O–H groups in total. The first-order valence-electron chi connectivity index (χ1n) is 9.75. The van der Waals surface area contributed by atoms with Gasteiger partial charge in [-0.25, -0.2) is 4.79 Å². The van der Waals surface area contributed by atoms with E-state index in [1.54, 1.807) is 0 Å². The molecule has 1 heterocycles. The lowest BCUT2D eigenvalue weighted by atomic mass is 10.1. The fourth-order valence-electron chi connectivity index (χ4n) is 3.05. The van der Waals surface area contributed by atoms with Crippen LogP contribution in [-0.4, -0.2) is 61.8 Å². The van der Waals surface area contributed by atoms with Crippen molar-refractivity contribution in [2.75, 3.05) is 46.0 Å². The Hall–Kier alpha value is -1.79.